The van der Waals surface area contributed by atoms with Gasteiger partial charge in [0.15, 0.2) is 17.1 Å². The fourth-order valence-electron chi connectivity index (χ4n) is 2.26. The van der Waals surface area contributed by atoms with E-state index in [0.717, 1.165) is 11.1 Å². The van der Waals surface area contributed by atoms with E-state index in [1.165, 1.54) is 7.11 Å². The van der Waals surface area contributed by atoms with Gasteiger partial charge in [-0.25, -0.2) is 9.31 Å². The molecule has 124 valence electrons. The topological polar surface area (TPSA) is 87.0 Å². The number of carbonyl (C=O) groups is 1. The van der Waals surface area contributed by atoms with E-state index in [1.807, 2.05) is 36.5 Å². The van der Waals surface area contributed by atoms with Gasteiger partial charge in [0.1, 0.15) is 0 Å². The summed E-state index contributed by atoms with van der Waals surface area (Å²) in [5, 5.41) is 6.63. The van der Waals surface area contributed by atoms with Crippen LogP contribution in [-0.2, 0) is 4.74 Å². The molecule has 8 heteroatoms. The Labute approximate surface area is 138 Å². The van der Waals surface area contributed by atoms with Gasteiger partial charge in [0, 0.05) is 11.8 Å². The van der Waals surface area contributed by atoms with Crippen molar-refractivity contribution < 1.29 is 19.0 Å². The maximum absolute atomic E-state index is 11.2. The monoisotopic (exact) mass is 328 g/mol. The molecule has 0 spiro atoms. The number of hydrogen-bond donors (Lipinski definition) is 1. The average Bonchev–Trinajstić information content (AvgIpc) is 3.02. The number of amides is 1. The van der Waals surface area contributed by atoms with Crippen LogP contribution in [0.4, 0.5) is 10.7 Å². The number of pyridine rings is 1. The van der Waals surface area contributed by atoms with Crippen LogP contribution in [0.5, 0.6) is 11.5 Å². The first-order valence-electron chi connectivity index (χ1n) is 7.08. The Morgan fingerprint density at radius 1 is 1.04 bits per heavy atom. The van der Waals surface area contributed by atoms with Gasteiger partial charge < -0.3 is 14.2 Å². The van der Waals surface area contributed by atoms with E-state index < -0.39 is 6.09 Å². The standard InChI is InChI=1S/C16H16N4O4/c1-22-12-6-4-10(8-13(12)23-2)11-5-7-14-17-15(18-16(21)24-3)19-20(14)9-11/h4-9H,1-3H3,(H,18,19,21). The average molecular weight is 328 g/mol. The summed E-state index contributed by atoms with van der Waals surface area (Å²) in [6.45, 7) is 0. The Bertz CT molecular complexity index is 891. The van der Waals surface area contributed by atoms with Crippen molar-refractivity contribution in [3.63, 3.8) is 0 Å². The van der Waals surface area contributed by atoms with E-state index in [4.69, 9.17) is 9.47 Å². The Kier molecular flexibility index (Phi) is 4.19. The maximum Gasteiger partial charge on any atom is 0.413 e. The van der Waals surface area contributed by atoms with Crippen LogP contribution in [0.25, 0.3) is 16.8 Å². The first-order valence-corrected chi connectivity index (χ1v) is 7.08. The molecule has 1 N–H and O–H groups in total. The zero-order chi connectivity index (χ0) is 17.1. The minimum absolute atomic E-state index is 0.173. The summed E-state index contributed by atoms with van der Waals surface area (Å²) in [5.41, 5.74) is 2.45. The summed E-state index contributed by atoms with van der Waals surface area (Å²) in [6, 6.07) is 9.36. The lowest BCUT2D eigenvalue weighted by molar-refractivity contribution is 0.186. The summed E-state index contributed by atoms with van der Waals surface area (Å²) in [4.78, 5) is 15.4. The number of ether oxygens (including phenoxy) is 3. The van der Waals surface area contributed by atoms with E-state index in [1.54, 1.807) is 18.7 Å². The molecule has 0 atom stereocenters. The SMILES string of the molecule is COC(=O)Nc1nc2ccc(-c3ccc(OC)c(OC)c3)cn2n1. The molecule has 1 amide bonds. The second kappa shape index (κ2) is 6.45. The van der Waals surface area contributed by atoms with Crippen LogP contribution in [-0.4, -0.2) is 42.0 Å². The van der Waals surface area contributed by atoms with E-state index in [-0.39, 0.29) is 5.95 Å². The molecule has 0 saturated carbocycles. The number of aromatic nitrogens is 3. The predicted molar refractivity (Wildman–Crippen MR) is 87.6 cm³/mol. The molecule has 0 aliphatic heterocycles. The third kappa shape index (κ3) is 2.94. The zero-order valence-corrected chi connectivity index (χ0v) is 13.4. The van der Waals surface area contributed by atoms with Crippen LogP contribution in [0.1, 0.15) is 0 Å². The minimum Gasteiger partial charge on any atom is -0.493 e. The van der Waals surface area contributed by atoms with Gasteiger partial charge in [-0.1, -0.05) is 6.07 Å². The van der Waals surface area contributed by atoms with Crippen molar-refractivity contribution in [1.82, 2.24) is 14.6 Å². The van der Waals surface area contributed by atoms with Crippen molar-refractivity contribution in [2.75, 3.05) is 26.6 Å². The summed E-state index contributed by atoms with van der Waals surface area (Å²) in [7, 11) is 4.46. The largest absolute Gasteiger partial charge is 0.493 e. The fourth-order valence-corrected chi connectivity index (χ4v) is 2.26. The predicted octanol–water partition coefficient (Wildman–Crippen LogP) is 2.59. The number of rotatable bonds is 4. The number of nitrogens with zero attached hydrogens (tertiary/aromatic N) is 3. The summed E-state index contributed by atoms with van der Waals surface area (Å²) < 4.78 is 16.7. The maximum atomic E-state index is 11.2. The smallest absolute Gasteiger partial charge is 0.413 e. The minimum atomic E-state index is -0.619. The number of fused-ring (bicyclic) bond motifs is 1. The lowest BCUT2D eigenvalue weighted by Crippen LogP contribution is -2.12. The molecular weight excluding hydrogens is 312 g/mol. The quantitative estimate of drug-likeness (QED) is 0.792. The highest BCUT2D eigenvalue weighted by molar-refractivity contribution is 5.82. The highest BCUT2D eigenvalue weighted by Crippen LogP contribution is 2.32. The number of methoxy groups -OCH3 is 3. The Morgan fingerprint density at radius 3 is 2.50 bits per heavy atom. The van der Waals surface area contributed by atoms with E-state index in [9.17, 15) is 4.79 Å². The Balaban J connectivity index is 1.97. The molecule has 0 fully saturated rings. The van der Waals surface area contributed by atoms with Gasteiger partial charge in [0.05, 0.1) is 21.3 Å². The van der Waals surface area contributed by atoms with Crippen LogP contribution in [0, 0.1) is 0 Å². The van der Waals surface area contributed by atoms with Gasteiger partial charge in [0.2, 0.25) is 0 Å². The van der Waals surface area contributed by atoms with E-state index in [0.29, 0.717) is 17.1 Å². The zero-order valence-electron chi connectivity index (χ0n) is 13.4. The lowest BCUT2D eigenvalue weighted by Gasteiger charge is -2.09. The van der Waals surface area contributed by atoms with E-state index >= 15 is 0 Å². The molecular formula is C16H16N4O4. The molecule has 0 unspecified atom stereocenters. The number of anilines is 1. The Hall–Kier alpha value is -3.29. The van der Waals surface area contributed by atoms with Crippen LogP contribution < -0.4 is 14.8 Å². The number of hydrogen-bond acceptors (Lipinski definition) is 6. The molecule has 2 aromatic heterocycles. The third-order valence-electron chi connectivity index (χ3n) is 3.45. The van der Waals surface area contributed by atoms with Crippen molar-refractivity contribution >= 4 is 17.7 Å². The number of benzene rings is 1. The molecule has 0 bridgehead atoms. The van der Waals surface area contributed by atoms with Crippen molar-refractivity contribution in [1.29, 1.82) is 0 Å². The first kappa shape index (κ1) is 15.6. The summed E-state index contributed by atoms with van der Waals surface area (Å²) in [5.74, 6) is 1.47. The molecule has 1 aromatic carbocycles. The molecule has 8 nitrogen and oxygen atoms in total. The van der Waals surface area contributed by atoms with Crippen molar-refractivity contribution in [3.8, 4) is 22.6 Å². The van der Waals surface area contributed by atoms with Gasteiger partial charge in [-0.05, 0) is 29.8 Å². The van der Waals surface area contributed by atoms with Gasteiger partial charge in [-0.15, -0.1) is 5.10 Å². The Morgan fingerprint density at radius 2 is 1.79 bits per heavy atom. The third-order valence-corrected chi connectivity index (χ3v) is 3.45. The summed E-state index contributed by atoms with van der Waals surface area (Å²) >= 11 is 0. The highest BCUT2D eigenvalue weighted by Gasteiger charge is 2.10. The molecule has 0 radical (unpaired) electrons. The van der Waals surface area contributed by atoms with Gasteiger partial charge in [-0.3, -0.25) is 5.32 Å². The fraction of sp³-hybridized carbons (Fsp3) is 0.188. The molecule has 24 heavy (non-hydrogen) atoms. The van der Waals surface area contributed by atoms with Crippen molar-refractivity contribution in [2.45, 2.75) is 0 Å². The summed E-state index contributed by atoms with van der Waals surface area (Å²) in [6.07, 6.45) is 1.19. The second-order valence-corrected chi connectivity index (χ2v) is 4.84. The lowest BCUT2D eigenvalue weighted by atomic mass is 10.1. The second-order valence-electron chi connectivity index (χ2n) is 4.84. The highest BCUT2D eigenvalue weighted by atomic mass is 16.5. The molecule has 2 heterocycles. The van der Waals surface area contributed by atoms with Gasteiger partial charge >= 0.3 is 6.09 Å². The van der Waals surface area contributed by atoms with Crippen molar-refractivity contribution in [3.05, 3.63) is 36.5 Å². The number of carbonyl (C=O) groups excluding carboxylic acids is 1. The molecule has 0 saturated heterocycles. The van der Waals surface area contributed by atoms with Crippen molar-refractivity contribution in [2.24, 2.45) is 0 Å². The normalized spacial score (nSPS) is 10.5. The van der Waals surface area contributed by atoms with Gasteiger partial charge in [-0.2, -0.15) is 4.98 Å². The molecule has 0 aliphatic rings. The van der Waals surface area contributed by atoms with Crippen LogP contribution in [0.2, 0.25) is 0 Å². The molecule has 0 aliphatic carbocycles. The van der Waals surface area contributed by atoms with Crippen LogP contribution in [0.3, 0.4) is 0 Å². The van der Waals surface area contributed by atoms with Crippen LogP contribution >= 0.6 is 0 Å². The van der Waals surface area contributed by atoms with E-state index in [2.05, 4.69) is 20.1 Å². The van der Waals surface area contributed by atoms with Crippen LogP contribution in [0.15, 0.2) is 36.5 Å². The molecule has 3 rings (SSSR count). The first-order chi connectivity index (χ1) is 11.6. The number of nitrogens with one attached hydrogen (secondary N) is 1. The van der Waals surface area contributed by atoms with Gasteiger partial charge in [0.25, 0.3) is 5.95 Å². The molecule has 3 aromatic rings.